The molecule has 0 saturated heterocycles. The van der Waals surface area contributed by atoms with Crippen molar-refractivity contribution in [2.24, 2.45) is 0 Å². The highest BCUT2D eigenvalue weighted by atomic mass is 127. The Morgan fingerprint density at radius 2 is 1.94 bits per heavy atom. The second-order valence-electron chi connectivity index (χ2n) is 3.88. The summed E-state index contributed by atoms with van der Waals surface area (Å²) in [6, 6.07) is 7.73. The summed E-state index contributed by atoms with van der Waals surface area (Å²) < 4.78 is 0.844. The van der Waals surface area contributed by atoms with E-state index in [-0.39, 0.29) is 0 Å². The zero-order valence-corrected chi connectivity index (χ0v) is 12.7. The molecule has 0 fully saturated rings. The van der Waals surface area contributed by atoms with Crippen LogP contribution in [0.25, 0.3) is 0 Å². The van der Waals surface area contributed by atoms with Gasteiger partial charge in [-0.15, -0.1) is 0 Å². The van der Waals surface area contributed by atoms with Crippen molar-refractivity contribution in [2.45, 2.75) is 6.54 Å². The van der Waals surface area contributed by atoms with Gasteiger partial charge in [0.25, 0.3) is 0 Å². The second kappa shape index (κ2) is 5.71. The molecule has 2 aromatic rings. The summed E-state index contributed by atoms with van der Waals surface area (Å²) in [6.45, 7) is 0.727. The van der Waals surface area contributed by atoms with E-state index in [0.29, 0.717) is 5.82 Å². The second-order valence-corrected chi connectivity index (χ2v) is 5.34. The third-order valence-electron chi connectivity index (χ3n) is 2.52. The molecule has 0 aliphatic heterocycles. The summed E-state index contributed by atoms with van der Waals surface area (Å²) in [7, 11) is 1.96. The van der Waals surface area contributed by atoms with Gasteiger partial charge in [0.1, 0.15) is 15.7 Å². The van der Waals surface area contributed by atoms with Gasteiger partial charge < -0.3 is 10.6 Å². The Labute approximate surface area is 124 Å². The van der Waals surface area contributed by atoms with Gasteiger partial charge in [0.15, 0.2) is 5.82 Å². The van der Waals surface area contributed by atoms with Crippen LogP contribution in [0.3, 0.4) is 0 Å². The smallest absolute Gasteiger partial charge is 0.151 e. The molecule has 0 amide bonds. The first-order valence-corrected chi connectivity index (χ1v) is 6.75. The van der Waals surface area contributed by atoms with Gasteiger partial charge in [-0.2, -0.15) is 0 Å². The Balaban J connectivity index is 2.22. The van der Waals surface area contributed by atoms with Crippen molar-refractivity contribution in [2.75, 3.05) is 17.7 Å². The first-order valence-electron chi connectivity index (χ1n) is 5.29. The monoisotopic (exact) mass is 374 g/mol. The number of aromatic nitrogens is 2. The predicted molar refractivity (Wildman–Crippen MR) is 82.7 cm³/mol. The molecule has 4 nitrogen and oxygen atoms in total. The number of benzene rings is 1. The van der Waals surface area contributed by atoms with Crippen molar-refractivity contribution in [1.29, 1.82) is 0 Å². The van der Waals surface area contributed by atoms with Crippen LogP contribution in [0.2, 0.25) is 5.02 Å². The number of nitrogens with two attached hydrogens (primary N) is 1. The fourth-order valence-electron chi connectivity index (χ4n) is 1.67. The van der Waals surface area contributed by atoms with Crippen molar-refractivity contribution >= 4 is 45.7 Å². The molecule has 2 N–H and O–H groups in total. The van der Waals surface area contributed by atoms with Crippen LogP contribution in [0.15, 0.2) is 30.6 Å². The van der Waals surface area contributed by atoms with Gasteiger partial charge in [0, 0.05) is 18.6 Å². The number of nitrogen functional groups attached to an aromatic ring is 1. The molecular weight excluding hydrogens is 363 g/mol. The molecule has 0 bridgehead atoms. The van der Waals surface area contributed by atoms with Crippen molar-refractivity contribution < 1.29 is 0 Å². The molecule has 1 heterocycles. The van der Waals surface area contributed by atoms with Crippen LogP contribution in [-0.4, -0.2) is 17.0 Å². The van der Waals surface area contributed by atoms with Gasteiger partial charge in [0.05, 0.1) is 0 Å². The van der Waals surface area contributed by atoms with Crippen LogP contribution < -0.4 is 10.6 Å². The summed E-state index contributed by atoms with van der Waals surface area (Å²) in [5, 5.41) is 0.735. The van der Waals surface area contributed by atoms with Gasteiger partial charge >= 0.3 is 0 Å². The summed E-state index contributed by atoms with van der Waals surface area (Å²) in [5.41, 5.74) is 7.89. The minimum atomic E-state index is 0.492. The van der Waals surface area contributed by atoms with Crippen molar-refractivity contribution in [3.8, 4) is 0 Å². The lowest BCUT2D eigenvalue weighted by Gasteiger charge is -2.21. The molecule has 0 radical (unpaired) electrons. The summed E-state index contributed by atoms with van der Waals surface area (Å²) in [4.78, 5) is 10.2. The number of rotatable bonds is 3. The van der Waals surface area contributed by atoms with E-state index in [0.717, 1.165) is 26.5 Å². The van der Waals surface area contributed by atoms with Crippen LogP contribution in [-0.2, 0) is 6.54 Å². The lowest BCUT2D eigenvalue weighted by molar-refractivity contribution is 0.905. The molecule has 0 atom stereocenters. The average Bonchev–Trinajstić information content (AvgIpc) is 2.32. The maximum Gasteiger partial charge on any atom is 0.151 e. The molecule has 18 heavy (non-hydrogen) atoms. The maximum atomic E-state index is 5.88. The Kier molecular flexibility index (Phi) is 4.23. The maximum absolute atomic E-state index is 5.88. The van der Waals surface area contributed by atoms with Gasteiger partial charge in [-0.05, 0) is 40.3 Å². The molecule has 2 rings (SSSR count). The highest BCUT2D eigenvalue weighted by molar-refractivity contribution is 14.1. The zero-order valence-electron chi connectivity index (χ0n) is 9.77. The van der Waals surface area contributed by atoms with E-state index in [9.17, 15) is 0 Å². The van der Waals surface area contributed by atoms with E-state index >= 15 is 0 Å². The predicted octanol–water partition coefficient (Wildman–Crippen LogP) is 2.95. The molecule has 0 aliphatic rings. The first kappa shape index (κ1) is 13.4. The molecule has 0 saturated carbocycles. The molecule has 1 aromatic carbocycles. The minimum absolute atomic E-state index is 0.492. The van der Waals surface area contributed by atoms with Crippen molar-refractivity contribution in [1.82, 2.24) is 9.97 Å². The minimum Gasteiger partial charge on any atom is -0.382 e. The van der Waals surface area contributed by atoms with Crippen molar-refractivity contribution in [3.63, 3.8) is 0 Å². The van der Waals surface area contributed by atoms with Gasteiger partial charge in [0.2, 0.25) is 0 Å². The van der Waals surface area contributed by atoms with Crippen LogP contribution in [0.5, 0.6) is 0 Å². The summed E-state index contributed by atoms with van der Waals surface area (Å²) >= 11 is 8.02. The number of hydrogen-bond acceptors (Lipinski definition) is 4. The van der Waals surface area contributed by atoms with E-state index in [4.69, 9.17) is 17.3 Å². The Morgan fingerprint density at radius 1 is 1.28 bits per heavy atom. The summed E-state index contributed by atoms with van der Waals surface area (Å²) in [5.74, 6) is 0.492. The van der Waals surface area contributed by atoms with Crippen LogP contribution in [0.4, 0.5) is 11.5 Å². The van der Waals surface area contributed by atoms with E-state index in [2.05, 4.69) is 32.6 Å². The molecule has 0 spiro atoms. The zero-order chi connectivity index (χ0) is 13.1. The molecule has 0 aliphatic carbocycles. The largest absolute Gasteiger partial charge is 0.382 e. The molecule has 1 aromatic heterocycles. The molecule has 6 heteroatoms. The fourth-order valence-corrected chi connectivity index (χ4v) is 2.60. The fraction of sp³-hybridized carbons (Fsp3) is 0.167. The average molecular weight is 375 g/mol. The topological polar surface area (TPSA) is 55.0 Å². The first-order chi connectivity index (χ1) is 8.58. The Hall–Kier alpha value is -1.08. The van der Waals surface area contributed by atoms with E-state index < -0.39 is 0 Å². The van der Waals surface area contributed by atoms with E-state index in [1.165, 1.54) is 6.33 Å². The van der Waals surface area contributed by atoms with E-state index in [1.54, 1.807) is 0 Å². The molecule has 0 unspecified atom stereocenters. The molecular formula is C12H12ClIN4. The standard InChI is InChI=1S/C12H12ClIN4/c1-18(6-8-2-4-9(13)5-3-8)10-11(14)16-7-17-12(10)15/h2-5,7H,6H2,1H3,(H2,15,16,17). The van der Waals surface area contributed by atoms with Crippen LogP contribution >= 0.6 is 34.2 Å². The van der Waals surface area contributed by atoms with E-state index in [1.807, 2.05) is 36.2 Å². The number of halogens is 2. The lowest BCUT2D eigenvalue weighted by atomic mass is 10.2. The van der Waals surface area contributed by atoms with Gasteiger partial charge in [-0.1, -0.05) is 23.7 Å². The van der Waals surface area contributed by atoms with Crippen molar-refractivity contribution in [3.05, 3.63) is 44.9 Å². The van der Waals surface area contributed by atoms with Gasteiger partial charge in [-0.25, -0.2) is 9.97 Å². The third kappa shape index (κ3) is 3.02. The van der Waals surface area contributed by atoms with Crippen LogP contribution in [0.1, 0.15) is 5.56 Å². The number of anilines is 2. The highest BCUT2D eigenvalue weighted by Crippen LogP contribution is 2.26. The number of nitrogens with zero attached hydrogens (tertiary/aromatic N) is 3. The van der Waals surface area contributed by atoms with Gasteiger partial charge in [-0.3, -0.25) is 0 Å². The Bertz CT molecular complexity index is 524. The van der Waals surface area contributed by atoms with Crippen LogP contribution in [0, 0.1) is 3.70 Å². The SMILES string of the molecule is CN(Cc1ccc(Cl)cc1)c1c(N)ncnc1I. The quantitative estimate of drug-likeness (QED) is 0.663. The normalized spacial score (nSPS) is 10.4. The lowest BCUT2D eigenvalue weighted by Crippen LogP contribution is -2.20. The third-order valence-corrected chi connectivity index (χ3v) is 3.56. The highest BCUT2D eigenvalue weighted by Gasteiger charge is 2.12. The molecule has 94 valence electrons. The summed E-state index contributed by atoms with van der Waals surface area (Å²) in [6.07, 6.45) is 1.47. The number of hydrogen-bond donors (Lipinski definition) is 1. The Morgan fingerprint density at radius 3 is 2.56 bits per heavy atom.